The fraction of sp³-hybridized carbons (Fsp3) is 0.345. The SMILES string of the molecule is COc1ccc(C2(CNC(=O)CC(c3ccccc3)c3ccccc3O)CCCC2)cc1OC. The molecule has 1 atom stereocenters. The second-order valence-corrected chi connectivity index (χ2v) is 9.06. The maximum absolute atomic E-state index is 13.2. The number of rotatable bonds is 9. The molecule has 1 unspecified atom stereocenters. The van der Waals surface area contributed by atoms with Crippen molar-refractivity contribution in [1.82, 2.24) is 5.32 Å². The van der Waals surface area contributed by atoms with Gasteiger partial charge in [0, 0.05) is 29.9 Å². The summed E-state index contributed by atoms with van der Waals surface area (Å²) in [4.78, 5) is 13.2. The lowest BCUT2D eigenvalue weighted by Crippen LogP contribution is -2.39. The van der Waals surface area contributed by atoms with Gasteiger partial charge in [-0.3, -0.25) is 4.79 Å². The molecular weight excluding hydrogens is 426 g/mol. The summed E-state index contributed by atoms with van der Waals surface area (Å²) in [7, 11) is 3.28. The Morgan fingerprint density at radius 1 is 0.941 bits per heavy atom. The number of ether oxygens (including phenoxy) is 2. The standard InChI is InChI=1S/C29H33NO4/c1-33-26-15-14-22(18-27(26)34-2)29(16-8-9-17-29)20-30-28(32)19-24(21-10-4-3-5-11-21)23-12-6-7-13-25(23)31/h3-7,10-15,18,24,31H,8-9,16-17,19-20H2,1-2H3,(H,30,32). The monoisotopic (exact) mass is 459 g/mol. The lowest BCUT2D eigenvalue weighted by atomic mass is 9.78. The Bertz CT molecular complexity index is 1110. The van der Waals surface area contributed by atoms with Gasteiger partial charge in [0.05, 0.1) is 14.2 Å². The summed E-state index contributed by atoms with van der Waals surface area (Å²) >= 11 is 0. The lowest BCUT2D eigenvalue weighted by Gasteiger charge is -2.31. The summed E-state index contributed by atoms with van der Waals surface area (Å²) in [6, 6.07) is 23.2. The van der Waals surface area contributed by atoms with Crippen molar-refractivity contribution in [2.75, 3.05) is 20.8 Å². The van der Waals surface area contributed by atoms with E-state index >= 15 is 0 Å². The van der Waals surface area contributed by atoms with Crippen LogP contribution >= 0.6 is 0 Å². The van der Waals surface area contributed by atoms with E-state index < -0.39 is 0 Å². The molecule has 5 nitrogen and oxygen atoms in total. The molecule has 1 aliphatic carbocycles. The maximum Gasteiger partial charge on any atom is 0.220 e. The largest absolute Gasteiger partial charge is 0.508 e. The molecule has 1 fully saturated rings. The number of para-hydroxylation sites is 1. The van der Waals surface area contributed by atoms with Crippen molar-refractivity contribution in [3.8, 4) is 17.2 Å². The minimum atomic E-state index is -0.219. The Balaban J connectivity index is 1.53. The Kier molecular flexibility index (Phi) is 7.41. The number of phenolic OH excluding ortho intramolecular Hbond substituents is 1. The number of phenols is 1. The number of hydrogen-bond donors (Lipinski definition) is 2. The minimum Gasteiger partial charge on any atom is -0.508 e. The molecule has 34 heavy (non-hydrogen) atoms. The van der Waals surface area contributed by atoms with Gasteiger partial charge in [0.25, 0.3) is 0 Å². The third-order valence-electron chi connectivity index (χ3n) is 7.08. The normalized spacial score (nSPS) is 15.5. The van der Waals surface area contributed by atoms with Gasteiger partial charge in [-0.1, -0.05) is 67.4 Å². The van der Waals surface area contributed by atoms with Crippen LogP contribution in [0.25, 0.3) is 0 Å². The van der Waals surface area contributed by atoms with Crippen LogP contribution in [0.5, 0.6) is 17.2 Å². The van der Waals surface area contributed by atoms with Gasteiger partial charge in [-0.2, -0.15) is 0 Å². The predicted molar refractivity (Wildman–Crippen MR) is 134 cm³/mol. The highest BCUT2D eigenvalue weighted by atomic mass is 16.5. The van der Waals surface area contributed by atoms with Gasteiger partial charge >= 0.3 is 0 Å². The molecule has 1 amide bonds. The number of carbonyl (C=O) groups excluding carboxylic acids is 1. The molecule has 0 radical (unpaired) electrons. The number of amides is 1. The number of methoxy groups -OCH3 is 2. The number of benzene rings is 3. The second kappa shape index (κ2) is 10.6. The second-order valence-electron chi connectivity index (χ2n) is 9.06. The molecule has 0 bridgehead atoms. The molecule has 2 N–H and O–H groups in total. The van der Waals surface area contributed by atoms with Crippen molar-refractivity contribution in [2.24, 2.45) is 0 Å². The first-order valence-electron chi connectivity index (χ1n) is 11.9. The first kappa shape index (κ1) is 23.7. The summed E-state index contributed by atoms with van der Waals surface area (Å²) in [5, 5.41) is 13.7. The van der Waals surface area contributed by atoms with Crippen LogP contribution in [-0.2, 0) is 10.2 Å². The zero-order valence-electron chi connectivity index (χ0n) is 19.9. The van der Waals surface area contributed by atoms with Crippen molar-refractivity contribution in [3.05, 3.63) is 89.5 Å². The number of aromatic hydroxyl groups is 1. The van der Waals surface area contributed by atoms with Crippen LogP contribution in [0.3, 0.4) is 0 Å². The third kappa shape index (κ3) is 5.04. The van der Waals surface area contributed by atoms with E-state index in [9.17, 15) is 9.90 Å². The van der Waals surface area contributed by atoms with Crippen molar-refractivity contribution in [2.45, 2.75) is 43.4 Å². The summed E-state index contributed by atoms with van der Waals surface area (Å²) in [6.45, 7) is 0.573. The molecule has 0 saturated heterocycles. The molecule has 1 saturated carbocycles. The molecule has 0 aliphatic heterocycles. The molecule has 1 aliphatic rings. The first-order chi connectivity index (χ1) is 16.6. The number of nitrogens with one attached hydrogen (secondary N) is 1. The van der Waals surface area contributed by atoms with E-state index in [1.807, 2.05) is 54.6 Å². The third-order valence-corrected chi connectivity index (χ3v) is 7.08. The molecular formula is C29H33NO4. The van der Waals surface area contributed by atoms with Crippen LogP contribution < -0.4 is 14.8 Å². The topological polar surface area (TPSA) is 67.8 Å². The summed E-state index contributed by atoms with van der Waals surface area (Å²) in [5.41, 5.74) is 2.82. The highest BCUT2D eigenvalue weighted by Gasteiger charge is 2.37. The highest BCUT2D eigenvalue weighted by Crippen LogP contribution is 2.43. The van der Waals surface area contributed by atoms with Crippen LogP contribution in [0, 0.1) is 0 Å². The number of carbonyl (C=O) groups is 1. The minimum absolute atomic E-state index is 0.0242. The summed E-state index contributed by atoms with van der Waals surface area (Å²) < 4.78 is 10.9. The van der Waals surface area contributed by atoms with Gasteiger partial charge in [-0.15, -0.1) is 0 Å². The average Bonchev–Trinajstić information content (AvgIpc) is 3.37. The van der Waals surface area contributed by atoms with E-state index in [0.29, 0.717) is 18.0 Å². The van der Waals surface area contributed by atoms with Crippen molar-refractivity contribution in [3.63, 3.8) is 0 Å². The van der Waals surface area contributed by atoms with E-state index in [1.165, 1.54) is 5.56 Å². The first-order valence-corrected chi connectivity index (χ1v) is 11.9. The quantitative estimate of drug-likeness (QED) is 0.440. The van der Waals surface area contributed by atoms with E-state index in [-0.39, 0.29) is 29.4 Å². The lowest BCUT2D eigenvalue weighted by molar-refractivity contribution is -0.121. The molecule has 0 spiro atoms. The Morgan fingerprint density at radius 3 is 2.29 bits per heavy atom. The van der Waals surface area contributed by atoms with Crippen LogP contribution in [-0.4, -0.2) is 31.8 Å². The van der Waals surface area contributed by atoms with E-state index in [4.69, 9.17) is 9.47 Å². The number of hydrogen-bond acceptors (Lipinski definition) is 4. The van der Waals surface area contributed by atoms with Gasteiger partial charge in [-0.25, -0.2) is 0 Å². The fourth-order valence-electron chi connectivity index (χ4n) is 5.19. The van der Waals surface area contributed by atoms with Crippen molar-refractivity contribution >= 4 is 5.91 Å². The van der Waals surface area contributed by atoms with Crippen LogP contribution in [0.2, 0.25) is 0 Å². The molecule has 3 aromatic rings. The van der Waals surface area contributed by atoms with E-state index in [1.54, 1.807) is 26.4 Å². The maximum atomic E-state index is 13.2. The van der Waals surface area contributed by atoms with Gasteiger partial charge < -0.3 is 19.9 Å². The van der Waals surface area contributed by atoms with Gasteiger partial charge in [0.1, 0.15) is 5.75 Å². The van der Waals surface area contributed by atoms with Crippen molar-refractivity contribution < 1.29 is 19.4 Å². The molecule has 5 heteroatoms. The fourth-order valence-corrected chi connectivity index (χ4v) is 5.19. The molecule has 3 aromatic carbocycles. The van der Waals surface area contributed by atoms with Crippen LogP contribution in [0.1, 0.15) is 54.7 Å². The van der Waals surface area contributed by atoms with Gasteiger partial charge in [0.2, 0.25) is 5.91 Å². The highest BCUT2D eigenvalue weighted by molar-refractivity contribution is 5.78. The van der Waals surface area contributed by atoms with Gasteiger partial charge in [-0.05, 0) is 42.2 Å². The Morgan fingerprint density at radius 2 is 1.62 bits per heavy atom. The Hall–Kier alpha value is -3.47. The van der Waals surface area contributed by atoms with E-state index in [0.717, 1.165) is 36.8 Å². The zero-order chi connectivity index (χ0) is 24.0. The molecule has 178 valence electrons. The zero-order valence-corrected chi connectivity index (χ0v) is 19.9. The molecule has 0 aromatic heterocycles. The van der Waals surface area contributed by atoms with Crippen LogP contribution in [0.4, 0.5) is 0 Å². The smallest absolute Gasteiger partial charge is 0.220 e. The molecule has 4 rings (SSSR count). The predicted octanol–water partition coefficient (Wildman–Crippen LogP) is 5.56. The summed E-state index contributed by atoms with van der Waals surface area (Å²) in [5.74, 6) is 1.38. The Labute approximate surface area is 201 Å². The van der Waals surface area contributed by atoms with E-state index in [2.05, 4.69) is 11.4 Å². The van der Waals surface area contributed by atoms with Crippen LogP contribution in [0.15, 0.2) is 72.8 Å². The van der Waals surface area contributed by atoms with Gasteiger partial charge in [0.15, 0.2) is 11.5 Å². The summed E-state index contributed by atoms with van der Waals surface area (Å²) in [6.07, 6.45) is 4.57. The average molecular weight is 460 g/mol. The molecule has 0 heterocycles. The van der Waals surface area contributed by atoms with Crippen molar-refractivity contribution in [1.29, 1.82) is 0 Å².